The molecule has 0 radical (unpaired) electrons. The highest BCUT2D eigenvalue weighted by atomic mass is 16.5. The van der Waals surface area contributed by atoms with E-state index in [-0.39, 0.29) is 6.10 Å². The first kappa shape index (κ1) is 23.7. The standard InChI is InChI=1S/C25H35N3O4/c1-18-9-10-21(24(13-18)31-17-20-11-12-30-16-20)15-28-25(26-3)27-14-19(2)32-23-8-6-5-7-22(23)29-4/h5-10,13,19-20H,11-12,14-17H2,1-4H3,(H2,26,27,28). The van der Waals surface area contributed by atoms with Crippen molar-refractivity contribution in [2.45, 2.75) is 32.9 Å². The highest BCUT2D eigenvalue weighted by Crippen LogP contribution is 2.26. The van der Waals surface area contributed by atoms with Gasteiger partial charge in [0.1, 0.15) is 11.9 Å². The molecule has 1 saturated heterocycles. The van der Waals surface area contributed by atoms with Gasteiger partial charge < -0.3 is 29.6 Å². The number of rotatable bonds is 10. The number of nitrogens with one attached hydrogen (secondary N) is 2. The normalized spacial score (nSPS) is 17.0. The number of benzene rings is 2. The summed E-state index contributed by atoms with van der Waals surface area (Å²) in [6.45, 7) is 7.58. The maximum atomic E-state index is 6.14. The van der Waals surface area contributed by atoms with Crippen LogP contribution >= 0.6 is 0 Å². The van der Waals surface area contributed by atoms with Gasteiger partial charge in [0.25, 0.3) is 0 Å². The van der Waals surface area contributed by atoms with Crippen LogP contribution in [-0.2, 0) is 11.3 Å². The predicted octanol–water partition coefficient (Wildman–Crippen LogP) is 3.55. The second kappa shape index (κ2) is 12.2. The Morgan fingerprint density at radius 3 is 2.69 bits per heavy atom. The lowest BCUT2D eigenvalue weighted by Gasteiger charge is -2.20. The summed E-state index contributed by atoms with van der Waals surface area (Å²) in [4.78, 5) is 4.33. The van der Waals surface area contributed by atoms with Crippen LogP contribution in [0.4, 0.5) is 0 Å². The Bertz CT molecular complexity index is 881. The summed E-state index contributed by atoms with van der Waals surface area (Å²) in [5.41, 5.74) is 2.27. The van der Waals surface area contributed by atoms with E-state index in [2.05, 4.69) is 40.7 Å². The zero-order valence-electron chi connectivity index (χ0n) is 19.5. The van der Waals surface area contributed by atoms with Gasteiger partial charge in [-0.2, -0.15) is 0 Å². The van der Waals surface area contributed by atoms with Crippen molar-refractivity contribution in [3.8, 4) is 17.2 Å². The van der Waals surface area contributed by atoms with E-state index < -0.39 is 0 Å². The minimum atomic E-state index is -0.0725. The van der Waals surface area contributed by atoms with E-state index in [9.17, 15) is 0 Å². The van der Waals surface area contributed by atoms with E-state index in [1.54, 1.807) is 14.2 Å². The molecule has 7 nitrogen and oxygen atoms in total. The fourth-order valence-electron chi connectivity index (χ4n) is 3.48. The third-order valence-corrected chi connectivity index (χ3v) is 5.35. The lowest BCUT2D eigenvalue weighted by Crippen LogP contribution is -2.41. The average molecular weight is 442 g/mol. The summed E-state index contributed by atoms with van der Waals surface area (Å²) in [6, 6.07) is 13.9. The van der Waals surface area contributed by atoms with E-state index >= 15 is 0 Å². The van der Waals surface area contributed by atoms with Crippen molar-refractivity contribution >= 4 is 5.96 Å². The number of hydrogen-bond donors (Lipinski definition) is 2. The van der Waals surface area contributed by atoms with Gasteiger partial charge in [0.15, 0.2) is 17.5 Å². The van der Waals surface area contributed by atoms with E-state index in [1.807, 2.05) is 31.2 Å². The van der Waals surface area contributed by atoms with E-state index in [0.717, 1.165) is 42.4 Å². The smallest absolute Gasteiger partial charge is 0.191 e. The number of ether oxygens (including phenoxy) is 4. The molecule has 0 spiro atoms. The Balaban J connectivity index is 1.50. The summed E-state index contributed by atoms with van der Waals surface area (Å²) in [6.07, 6.45) is 0.988. The van der Waals surface area contributed by atoms with Crippen LogP contribution in [0.3, 0.4) is 0 Å². The fraction of sp³-hybridized carbons (Fsp3) is 0.480. The number of guanidine groups is 1. The number of para-hydroxylation sites is 2. The molecule has 0 aliphatic carbocycles. The summed E-state index contributed by atoms with van der Waals surface area (Å²) >= 11 is 0. The first-order valence-electron chi connectivity index (χ1n) is 11.1. The van der Waals surface area contributed by atoms with Gasteiger partial charge >= 0.3 is 0 Å². The first-order chi connectivity index (χ1) is 15.6. The van der Waals surface area contributed by atoms with E-state index in [4.69, 9.17) is 18.9 Å². The van der Waals surface area contributed by atoms with Crippen molar-refractivity contribution in [2.75, 3.05) is 40.5 Å². The third-order valence-electron chi connectivity index (χ3n) is 5.35. The maximum Gasteiger partial charge on any atom is 0.191 e. The van der Waals surface area contributed by atoms with Gasteiger partial charge in [-0.25, -0.2) is 0 Å². The molecule has 1 aliphatic rings. The van der Waals surface area contributed by atoms with Crippen LogP contribution < -0.4 is 24.8 Å². The van der Waals surface area contributed by atoms with Crippen molar-refractivity contribution in [2.24, 2.45) is 10.9 Å². The highest BCUT2D eigenvalue weighted by Gasteiger charge is 2.17. The van der Waals surface area contributed by atoms with Crippen LogP contribution in [0, 0.1) is 12.8 Å². The molecule has 1 fully saturated rings. The zero-order valence-corrected chi connectivity index (χ0v) is 19.5. The lowest BCUT2D eigenvalue weighted by molar-refractivity contribution is 0.166. The monoisotopic (exact) mass is 441 g/mol. The van der Waals surface area contributed by atoms with Crippen molar-refractivity contribution < 1.29 is 18.9 Å². The predicted molar refractivity (Wildman–Crippen MR) is 127 cm³/mol. The number of aliphatic imine (C=N–C) groups is 1. The SMILES string of the molecule is CN=C(NCc1ccc(C)cc1OCC1CCOC1)NCC(C)Oc1ccccc1OC. The van der Waals surface area contributed by atoms with Crippen molar-refractivity contribution in [3.05, 3.63) is 53.6 Å². The Morgan fingerprint density at radius 2 is 1.97 bits per heavy atom. The van der Waals surface area contributed by atoms with Gasteiger partial charge in [0, 0.05) is 31.7 Å². The molecule has 0 saturated carbocycles. The molecule has 2 aromatic rings. The Hall–Kier alpha value is -2.93. The van der Waals surface area contributed by atoms with E-state index in [0.29, 0.717) is 31.6 Å². The summed E-state index contributed by atoms with van der Waals surface area (Å²) in [5, 5.41) is 6.69. The van der Waals surface area contributed by atoms with Crippen LogP contribution in [0.15, 0.2) is 47.5 Å². The van der Waals surface area contributed by atoms with Crippen LogP contribution in [0.25, 0.3) is 0 Å². The molecular formula is C25H35N3O4. The molecule has 2 aromatic carbocycles. The molecule has 3 rings (SSSR count). The molecular weight excluding hydrogens is 406 g/mol. The Kier molecular flexibility index (Phi) is 9.04. The molecule has 2 N–H and O–H groups in total. The van der Waals surface area contributed by atoms with E-state index in [1.165, 1.54) is 5.56 Å². The number of aryl methyl sites for hydroxylation is 1. The number of methoxy groups -OCH3 is 1. The molecule has 2 atom stereocenters. The largest absolute Gasteiger partial charge is 0.493 e. The van der Waals surface area contributed by atoms with Gasteiger partial charge in [-0.15, -0.1) is 0 Å². The Labute approximate surface area is 191 Å². The molecule has 0 amide bonds. The van der Waals surface area contributed by atoms with Crippen molar-refractivity contribution in [1.82, 2.24) is 10.6 Å². The topological polar surface area (TPSA) is 73.3 Å². The molecule has 2 unspecified atom stereocenters. The molecule has 32 heavy (non-hydrogen) atoms. The van der Waals surface area contributed by atoms with Gasteiger partial charge in [-0.05, 0) is 44.0 Å². The van der Waals surface area contributed by atoms with Gasteiger partial charge in [-0.3, -0.25) is 4.99 Å². The second-order valence-electron chi connectivity index (χ2n) is 8.04. The van der Waals surface area contributed by atoms with Crippen LogP contribution in [-0.4, -0.2) is 52.6 Å². The van der Waals surface area contributed by atoms with Gasteiger partial charge in [0.2, 0.25) is 0 Å². The van der Waals surface area contributed by atoms with Crippen molar-refractivity contribution in [1.29, 1.82) is 0 Å². The second-order valence-corrected chi connectivity index (χ2v) is 8.04. The van der Waals surface area contributed by atoms with Crippen LogP contribution in [0.5, 0.6) is 17.2 Å². The molecule has 1 aliphatic heterocycles. The van der Waals surface area contributed by atoms with Gasteiger partial charge in [-0.1, -0.05) is 24.3 Å². The maximum absolute atomic E-state index is 6.14. The lowest BCUT2D eigenvalue weighted by atomic mass is 10.1. The van der Waals surface area contributed by atoms with Crippen LogP contribution in [0.1, 0.15) is 24.5 Å². The minimum Gasteiger partial charge on any atom is -0.493 e. The minimum absolute atomic E-state index is 0.0725. The quantitative estimate of drug-likeness (QED) is 0.434. The summed E-state index contributed by atoms with van der Waals surface area (Å²) < 4.78 is 23.0. The molecule has 0 aromatic heterocycles. The Morgan fingerprint density at radius 1 is 1.16 bits per heavy atom. The summed E-state index contributed by atoms with van der Waals surface area (Å²) in [7, 11) is 3.40. The van der Waals surface area contributed by atoms with Crippen molar-refractivity contribution in [3.63, 3.8) is 0 Å². The van der Waals surface area contributed by atoms with Gasteiger partial charge in [0.05, 0.1) is 26.9 Å². The molecule has 1 heterocycles. The molecule has 174 valence electrons. The third kappa shape index (κ3) is 7.05. The zero-order chi connectivity index (χ0) is 22.8. The van der Waals surface area contributed by atoms with Crippen LogP contribution in [0.2, 0.25) is 0 Å². The highest BCUT2D eigenvalue weighted by molar-refractivity contribution is 5.79. The number of nitrogens with zero attached hydrogens (tertiary/aromatic N) is 1. The summed E-state index contributed by atoms with van der Waals surface area (Å²) in [5.74, 6) is 3.53. The molecule has 7 heteroatoms. The fourth-order valence-corrected chi connectivity index (χ4v) is 3.48. The average Bonchev–Trinajstić information content (AvgIpc) is 3.33. The first-order valence-corrected chi connectivity index (χ1v) is 11.1. The number of hydrogen-bond acceptors (Lipinski definition) is 5. The molecule has 0 bridgehead atoms.